The molecule has 0 heterocycles. The van der Waals surface area contributed by atoms with Crippen molar-refractivity contribution in [2.24, 2.45) is 5.92 Å². The lowest BCUT2D eigenvalue weighted by atomic mass is 9.91. The summed E-state index contributed by atoms with van der Waals surface area (Å²) in [6.07, 6.45) is 6.85. The minimum atomic E-state index is -0.748. The Morgan fingerprint density at radius 1 is 1.44 bits per heavy atom. The SMILES string of the molecule is C#Cc1ccccc1[C@H](O)[C@@H]1CCCC1=O. The average molecular weight is 214 g/mol. The summed E-state index contributed by atoms with van der Waals surface area (Å²) >= 11 is 0. The summed E-state index contributed by atoms with van der Waals surface area (Å²) < 4.78 is 0. The molecule has 1 saturated carbocycles. The maximum atomic E-state index is 11.6. The van der Waals surface area contributed by atoms with Crippen molar-refractivity contribution in [2.45, 2.75) is 25.4 Å². The van der Waals surface area contributed by atoms with Crippen molar-refractivity contribution < 1.29 is 9.90 Å². The van der Waals surface area contributed by atoms with Gasteiger partial charge in [0.1, 0.15) is 5.78 Å². The number of hydrogen-bond acceptors (Lipinski definition) is 2. The van der Waals surface area contributed by atoms with Crippen LogP contribution in [0.4, 0.5) is 0 Å². The summed E-state index contributed by atoms with van der Waals surface area (Å²) in [5.41, 5.74) is 1.37. The number of hydrogen-bond donors (Lipinski definition) is 1. The minimum absolute atomic E-state index is 0.152. The van der Waals surface area contributed by atoms with Gasteiger partial charge in [0.25, 0.3) is 0 Å². The Kier molecular flexibility index (Phi) is 3.07. The molecule has 0 saturated heterocycles. The number of Topliss-reactive ketones (excluding diaryl/α,β-unsaturated/α-hetero) is 1. The summed E-state index contributed by atoms with van der Waals surface area (Å²) in [5.74, 6) is 2.43. The van der Waals surface area contributed by atoms with Crippen LogP contribution in [0.2, 0.25) is 0 Å². The van der Waals surface area contributed by atoms with Gasteiger partial charge in [-0.25, -0.2) is 0 Å². The Morgan fingerprint density at radius 3 is 2.81 bits per heavy atom. The van der Waals surface area contributed by atoms with Crippen LogP contribution in [-0.4, -0.2) is 10.9 Å². The largest absolute Gasteiger partial charge is 0.388 e. The molecule has 2 atom stereocenters. The summed E-state index contributed by atoms with van der Waals surface area (Å²) in [6.45, 7) is 0. The molecule has 1 aromatic rings. The molecule has 0 bridgehead atoms. The third-order valence-corrected chi connectivity index (χ3v) is 3.17. The van der Waals surface area contributed by atoms with Crippen LogP contribution in [0.3, 0.4) is 0 Å². The predicted octanol–water partition coefficient (Wildman–Crippen LogP) is 2.07. The summed E-state index contributed by atoms with van der Waals surface area (Å²) in [4.78, 5) is 11.6. The van der Waals surface area contributed by atoms with Crippen molar-refractivity contribution in [1.82, 2.24) is 0 Å². The molecule has 16 heavy (non-hydrogen) atoms. The fourth-order valence-electron chi connectivity index (χ4n) is 2.28. The number of benzene rings is 1. The van der Waals surface area contributed by atoms with Crippen LogP contribution in [0.5, 0.6) is 0 Å². The maximum Gasteiger partial charge on any atom is 0.138 e. The topological polar surface area (TPSA) is 37.3 Å². The molecule has 0 unspecified atom stereocenters. The van der Waals surface area contributed by atoms with Crippen LogP contribution in [0.15, 0.2) is 24.3 Å². The van der Waals surface area contributed by atoms with Gasteiger partial charge in [0.15, 0.2) is 0 Å². The first-order valence-corrected chi connectivity index (χ1v) is 5.50. The molecule has 1 aliphatic rings. The van der Waals surface area contributed by atoms with Crippen molar-refractivity contribution in [3.8, 4) is 12.3 Å². The molecule has 0 spiro atoms. The first-order valence-electron chi connectivity index (χ1n) is 5.50. The Morgan fingerprint density at radius 2 is 2.19 bits per heavy atom. The zero-order valence-electron chi connectivity index (χ0n) is 9.02. The molecule has 0 radical (unpaired) electrons. The first-order chi connectivity index (χ1) is 7.74. The summed E-state index contributed by atoms with van der Waals surface area (Å²) in [7, 11) is 0. The van der Waals surface area contributed by atoms with E-state index in [9.17, 15) is 9.90 Å². The predicted molar refractivity (Wildman–Crippen MR) is 61.7 cm³/mol. The van der Waals surface area contributed by atoms with Gasteiger partial charge in [0, 0.05) is 17.9 Å². The highest BCUT2D eigenvalue weighted by Gasteiger charge is 2.32. The number of ketones is 1. The zero-order chi connectivity index (χ0) is 11.5. The molecular weight excluding hydrogens is 200 g/mol. The molecule has 1 fully saturated rings. The van der Waals surface area contributed by atoms with Gasteiger partial charge in [-0.1, -0.05) is 24.1 Å². The number of aliphatic hydroxyl groups is 1. The number of carbonyl (C=O) groups excluding carboxylic acids is 1. The molecule has 2 nitrogen and oxygen atoms in total. The Labute approximate surface area is 95.3 Å². The highest BCUT2D eigenvalue weighted by Crippen LogP contribution is 2.34. The van der Waals surface area contributed by atoms with Crippen LogP contribution < -0.4 is 0 Å². The van der Waals surface area contributed by atoms with Gasteiger partial charge in [0.2, 0.25) is 0 Å². The van der Waals surface area contributed by atoms with E-state index in [0.29, 0.717) is 17.5 Å². The second-order valence-electron chi connectivity index (χ2n) is 4.14. The van der Waals surface area contributed by atoms with Gasteiger partial charge in [0.05, 0.1) is 6.10 Å². The van der Waals surface area contributed by atoms with Gasteiger partial charge >= 0.3 is 0 Å². The molecule has 1 aromatic carbocycles. The molecule has 0 aliphatic heterocycles. The van der Waals surface area contributed by atoms with Crippen molar-refractivity contribution in [2.75, 3.05) is 0 Å². The fraction of sp³-hybridized carbons (Fsp3) is 0.357. The Bertz CT molecular complexity index is 442. The van der Waals surface area contributed by atoms with E-state index < -0.39 is 6.10 Å². The third kappa shape index (κ3) is 1.87. The second kappa shape index (κ2) is 4.51. The van der Waals surface area contributed by atoms with Crippen LogP contribution in [0.1, 0.15) is 36.5 Å². The van der Waals surface area contributed by atoms with E-state index in [-0.39, 0.29) is 11.7 Å². The van der Waals surface area contributed by atoms with E-state index in [1.165, 1.54) is 0 Å². The highest BCUT2D eigenvalue weighted by atomic mass is 16.3. The quantitative estimate of drug-likeness (QED) is 0.765. The number of carbonyl (C=O) groups is 1. The number of aliphatic hydroxyl groups excluding tert-OH is 1. The van der Waals surface area contributed by atoms with Crippen LogP contribution in [0.25, 0.3) is 0 Å². The molecule has 0 amide bonds. The lowest BCUT2D eigenvalue weighted by molar-refractivity contribution is -0.123. The molecule has 2 rings (SSSR count). The summed E-state index contributed by atoms with van der Waals surface area (Å²) in [5, 5.41) is 10.2. The minimum Gasteiger partial charge on any atom is -0.388 e. The van der Waals surface area contributed by atoms with Gasteiger partial charge < -0.3 is 5.11 Å². The highest BCUT2D eigenvalue weighted by molar-refractivity contribution is 5.83. The van der Waals surface area contributed by atoms with Gasteiger partial charge in [-0.05, 0) is 24.5 Å². The zero-order valence-corrected chi connectivity index (χ0v) is 9.02. The lowest BCUT2D eigenvalue weighted by Crippen LogP contribution is -2.17. The monoisotopic (exact) mass is 214 g/mol. The molecule has 2 heteroatoms. The van der Waals surface area contributed by atoms with Gasteiger partial charge in [-0.2, -0.15) is 0 Å². The van der Waals surface area contributed by atoms with E-state index in [0.717, 1.165) is 12.8 Å². The summed E-state index contributed by atoms with van der Waals surface area (Å²) in [6, 6.07) is 7.25. The molecular formula is C14H14O2. The number of rotatable bonds is 2. The second-order valence-corrected chi connectivity index (χ2v) is 4.14. The fourth-order valence-corrected chi connectivity index (χ4v) is 2.28. The first kappa shape index (κ1) is 10.9. The molecule has 82 valence electrons. The van der Waals surface area contributed by atoms with Crippen molar-refractivity contribution in [3.63, 3.8) is 0 Å². The van der Waals surface area contributed by atoms with E-state index >= 15 is 0 Å². The maximum absolute atomic E-state index is 11.6. The van der Waals surface area contributed by atoms with Crippen LogP contribution in [0, 0.1) is 18.3 Å². The number of terminal acetylenes is 1. The smallest absolute Gasteiger partial charge is 0.138 e. The van der Waals surface area contributed by atoms with Gasteiger partial charge in [-0.15, -0.1) is 6.42 Å². The third-order valence-electron chi connectivity index (χ3n) is 3.17. The van der Waals surface area contributed by atoms with Crippen LogP contribution in [-0.2, 0) is 4.79 Å². The van der Waals surface area contributed by atoms with E-state index in [4.69, 9.17) is 6.42 Å². The van der Waals surface area contributed by atoms with Gasteiger partial charge in [-0.3, -0.25) is 4.79 Å². The van der Waals surface area contributed by atoms with Crippen LogP contribution >= 0.6 is 0 Å². The lowest BCUT2D eigenvalue weighted by Gasteiger charge is -2.18. The Hall–Kier alpha value is -1.59. The molecule has 0 aromatic heterocycles. The van der Waals surface area contributed by atoms with E-state index in [2.05, 4.69) is 5.92 Å². The molecule has 1 N–H and O–H groups in total. The average Bonchev–Trinajstić information content (AvgIpc) is 2.74. The van der Waals surface area contributed by atoms with Crippen molar-refractivity contribution in [1.29, 1.82) is 0 Å². The normalized spacial score (nSPS) is 21.8. The van der Waals surface area contributed by atoms with E-state index in [1.54, 1.807) is 12.1 Å². The standard InChI is InChI=1S/C14H14O2/c1-2-10-6-3-4-7-11(10)14(16)12-8-5-9-13(12)15/h1,3-4,6-7,12,14,16H,5,8-9H2/t12-,14+/m1/s1. The van der Waals surface area contributed by atoms with Crippen molar-refractivity contribution >= 4 is 5.78 Å². The van der Waals surface area contributed by atoms with Crippen molar-refractivity contribution in [3.05, 3.63) is 35.4 Å². The van der Waals surface area contributed by atoms with E-state index in [1.807, 2.05) is 12.1 Å². The Balaban J connectivity index is 2.30. The molecule has 1 aliphatic carbocycles.